The SMILES string of the molecule is C=C1CC(c2ccccc2)(C(C)Br)OC1=O. The molecule has 0 N–H and O–H groups in total. The van der Waals surface area contributed by atoms with Crippen molar-refractivity contribution in [2.75, 3.05) is 0 Å². The summed E-state index contributed by atoms with van der Waals surface area (Å²) in [5.74, 6) is -0.296. The van der Waals surface area contributed by atoms with Crippen LogP contribution in [0.3, 0.4) is 0 Å². The maximum absolute atomic E-state index is 11.5. The average Bonchev–Trinajstić information content (AvgIpc) is 2.58. The van der Waals surface area contributed by atoms with Gasteiger partial charge in [-0.25, -0.2) is 4.79 Å². The standard InChI is InChI=1S/C13H13BrO2/c1-9-8-13(10(2)14,16-12(9)15)11-6-4-3-5-7-11/h3-7,10H,1,8H2,2H3. The maximum Gasteiger partial charge on any atom is 0.334 e. The number of alkyl halides is 1. The van der Waals surface area contributed by atoms with E-state index < -0.39 is 5.60 Å². The molecule has 1 fully saturated rings. The molecule has 0 bridgehead atoms. The molecule has 84 valence electrons. The molecule has 1 heterocycles. The molecule has 2 rings (SSSR count). The van der Waals surface area contributed by atoms with E-state index in [1.165, 1.54) is 0 Å². The molecule has 2 nitrogen and oxygen atoms in total. The molecule has 0 radical (unpaired) electrons. The Morgan fingerprint density at radius 3 is 2.50 bits per heavy atom. The van der Waals surface area contributed by atoms with Crippen LogP contribution in [0, 0.1) is 0 Å². The molecule has 1 aromatic carbocycles. The summed E-state index contributed by atoms with van der Waals surface area (Å²) in [5.41, 5.74) is 0.941. The molecule has 1 aliphatic rings. The molecule has 1 aliphatic heterocycles. The minimum Gasteiger partial charge on any atom is -0.449 e. The van der Waals surface area contributed by atoms with Crippen LogP contribution in [0.25, 0.3) is 0 Å². The van der Waals surface area contributed by atoms with Crippen molar-refractivity contribution in [3.05, 3.63) is 48.0 Å². The first-order valence-electron chi connectivity index (χ1n) is 5.17. The average molecular weight is 281 g/mol. The zero-order chi connectivity index (χ0) is 11.8. The van der Waals surface area contributed by atoms with Crippen LogP contribution in [0.1, 0.15) is 18.9 Å². The third-order valence-corrected chi connectivity index (χ3v) is 3.68. The van der Waals surface area contributed by atoms with Crippen molar-refractivity contribution < 1.29 is 9.53 Å². The summed E-state index contributed by atoms with van der Waals surface area (Å²) in [6, 6.07) is 9.79. The third-order valence-electron chi connectivity index (χ3n) is 2.94. The summed E-state index contributed by atoms with van der Waals surface area (Å²) in [6.45, 7) is 5.73. The Kier molecular flexibility index (Phi) is 2.89. The van der Waals surface area contributed by atoms with Crippen molar-refractivity contribution in [3.8, 4) is 0 Å². The van der Waals surface area contributed by atoms with Gasteiger partial charge in [0.1, 0.15) is 0 Å². The number of carbonyl (C=O) groups is 1. The van der Waals surface area contributed by atoms with Crippen molar-refractivity contribution in [3.63, 3.8) is 0 Å². The lowest BCUT2D eigenvalue weighted by atomic mass is 9.87. The molecule has 0 spiro atoms. The van der Waals surface area contributed by atoms with E-state index in [2.05, 4.69) is 22.5 Å². The highest BCUT2D eigenvalue weighted by Gasteiger charge is 2.47. The first-order valence-corrected chi connectivity index (χ1v) is 6.08. The van der Waals surface area contributed by atoms with E-state index >= 15 is 0 Å². The predicted octanol–water partition coefficient (Wildman–Crippen LogP) is 3.17. The Balaban J connectivity index is 2.47. The number of benzene rings is 1. The number of carbonyl (C=O) groups excluding carboxylic acids is 1. The molecule has 0 amide bonds. The second-order valence-electron chi connectivity index (χ2n) is 4.04. The van der Waals surface area contributed by atoms with Crippen molar-refractivity contribution in [2.45, 2.75) is 23.8 Å². The molecule has 2 atom stereocenters. The lowest BCUT2D eigenvalue weighted by molar-refractivity contribution is -0.147. The van der Waals surface area contributed by atoms with E-state index in [0.29, 0.717) is 12.0 Å². The largest absolute Gasteiger partial charge is 0.449 e. The number of esters is 1. The number of halogens is 1. The van der Waals surface area contributed by atoms with Crippen molar-refractivity contribution in [1.29, 1.82) is 0 Å². The highest BCUT2D eigenvalue weighted by Crippen LogP contribution is 2.44. The minimum absolute atomic E-state index is 0.0469. The van der Waals surface area contributed by atoms with Gasteiger partial charge in [0.2, 0.25) is 0 Å². The van der Waals surface area contributed by atoms with Crippen LogP contribution in [-0.2, 0) is 15.1 Å². The van der Waals surface area contributed by atoms with Crippen molar-refractivity contribution >= 4 is 21.9 Å². The number of hydrogen-bond donors (Lipinski definition) is 0. The molecule has 0 aromatic heterocycles. The quantitative estimate of drug-likeness (QED) is 0.473. The van der Waals surface area contributed by atoms with Gasteiger partial charge in [-0.05, 0) is 12.5 Å². The Hall–Kier alpha value is -1.09. The molecular formula is C13H13BrO2. The van der Waals surface area contributed by atoms with Gasteiger partial charge < -0.3 is 4.74 Å². The van der Waals surface area contributed by atoms with Gasteiger partial charge in [0.05, 0.1) is 4.83 Å². The fourth-order valence-corrected chi connectivity index (χ4v) is 2.52. The Labute approximate surface area is 103 Å². The monoisotopic (exact) mass is 280 g/mol. The van der Waals surface area contributed by atoms with Crippen LogP contribution in [0.2, 0.25) is 0 Å². The second kappa shape index (κ2) is 4.06. The smallest absolute Gasteiger partial charge is 0.334 e. The van der Waals surface area contributed by atoms with Gasteiger partial charge in [-0.1, -0.05) is 52.8 Å². The van der Waals surface area contributed by atoms with Crippen LogP contribution < -0.4 is 0 Å². The molecule has 0 saturated carbocycles. The topological polar surface area (TPSA) is 26.3 Å². The van der Waals surface area contributed by atoms with E-state index in [1.54, 1.807) is 0 Å². The second-order valence-corrected chi connectivity index (χ2v) is 5.41. The van der Waals surface area contributed by atoms with Crippen LogP contribution in [-0.4, -0.2) is 10.8 Å². The number of hydrogen-bond acceptors (Lipinski definition) is 2. The fraction of sp³-hybridized carbons (Fsp3) is 0.308. The van der Waals surface area contributed by atoms with Gasteiger partial charge in [0, 0.05) is 12.0 Å². The van der Waals surface area contributed by atoms with Crippen LogP contribution in [0.4, 0.5) is 0 Å². The van der Waals surface area contributed by atoms with Crippen LogP contribution in [0.5, 0.6) is 0 Å². The summed E-state index contributed by atoms with van der Waals surface area (Å²) in [4.78, 5) is 11.6. The predicted molar refractivity (Wildman–Crippen MR) is 66.4 cm³/mol. The molecule has 3 heteroatoms. The summed E-state index contributed by atoms with van der Waals surface area (Å²) in [6.07, 6.45) is 0.544. The van der Waals surface area contributed by atoms with Gasteiger partial charge in [0.15, 0.2) is 5.60 Å². The van der Waals surface area contributed by atoms with Gasteiger partial charge in [0.25, 0.3) is 0 Å². The van der Waals surface area contributed by atoms with Crippen LogP contribution >= 0.6 is 15.9 Å². The molecule has 2 unspecified atom stereocenters. The summed E-state index contributed by atoms with van der Waals surface area (Å²) < 4.78 is 5.52. The van der Waals surface area contributed by atoms with Gasteiger partial charge in [-0.2, -0.15) is 0 Å². The lowest BCUT2D eigenvalue weighted by Crippen LogP contribution is -2.33. The first kappa shape index (κ1) is 11.4. The fourth-order valence-electron chi connectivity index (χ4n) is 2.00. The summed E-state index contributed by atoms with van der Waals surface area (Å²) in [7, 11) is 0. The van der Waals surface area contributed by atoms with E-state index in [0.717, 1.165) is 5.56 Å². The molecular weight excluding hydrogens is 268 g/mol. The van der Waals surface area contributed by atoms with E-state index in [-0.39, 0.29) is 10.8 Å². The maximum atomic E-state index is 11.5. The van der Waals surface area contributed by atoms with Gasteiger partial charge in [-0.3, -0.25) is 0 Å². The molecule has 1 aromatic rings. The van der Waals surface area contributed by atoms with Crippen molar-refractivity contribution in [2.24, 2.45) is 0 Å². The zero-order valence-electron chi connectivity index (χ0n) is 9.07. The summed E-state index contributed by atoms with van der Waals surface area (Å²) >= 11 is 3.53. The Morgan fingerprint density at radius 2 is 2.06 bits per heavy atom. The van der Waals surface area contributed by atoms with Gasteiger partial charge >= 0.3 is 5.97 Å². The van der Waals surface area contributed by atoms with E-state index in [1.807, 2.05) is 37.3 Å². The number of cyclic esters (lactones) is 1. The van der Waals surface area contributed by atoms with E-state index in [9.17, 15) is 4.79 Å². The Bertz CT molecular complexity index is 407. The molecule has 1 saturated heterocycles. The van der Waals surface area contributed by atoms with Crippen LogP contribution in [0.15, 0.2) is 42.5 Å². The first-order chi connectivity index (χ1) is 7.56. The van der Waals surface area contributed by atoms with Gasteiger partial charge in [-0.15, -0.1) is 0 Å². The highest BCUT2D eigenvalue weighted by molar-refractivity contribution is 9.09. The normalized spacial score (nSPS) is 26.6. The molecule has 16 heavy (non-hydrogen) atoms. The minimum atomic E-state index is -0.602. The Morgan fingerprint density at radius 1 is 1.44 bits per heavy atom. The highest BCUT2D eigenvalue weighted by atomic mass is 79.9. The molecule has 0 aliphatic carbocycles. The number of ether oxygens (including phenoxy) is 1. The van der Waals surface area contributed by atoms with E-state index in [4.69, 9.17) is 4.74 Å². The summed E-state index contributed by atoms with van der Waals surface area (Å²) in [5, 5.41) is 0. The zero-order valence-corrected chi connectivity index (χ0v) is 10.7. The third kappa shape index (κ3) is 1.69. The lowest BCUT2D eigenvalue weighted by Gasteiger charge is -2.30. The number of rotatable bonds is 2. The van der Waals surface area contributed by atoms with Crippen molar-refractivity contribution in [1.82, 2.24) is 0 Å².